The van der Waals surface area contributed by atoms with Crippen LogP contribution in [0.15, 0.2) is 24.3 Å². The zero-order chi connectivity index (χ0) is 12.3. The largest absolute Gasteiger partial charge is 0.327 e. The summed E-state index contributed by atoms with van der Waals surface area (Å²) in [6, 6.07) is 6.75. The fraction of sp³-hybridized carbons (Fsp3) is 0.571. The molecule has 1 aromatic rings. The number of nitrogens with two attached hydrogens (primary N) is 1. The van der Waals surface area contributed by atoms with E-state index >= 15 is 0 Å². The first kappa shape index (κ1) is 13.2. The highest BCUT2D eigenvalue weighted by Crippen LogP contribution is 2.29. The molecule has 1 rings (SSSR count). The molecule has 90 valence electrons. The van der Waals surface area contributed by atoms with Gasteiger partial charge >= 0.3 is 0 Å². The molecule has 1 aromatic carbocycles. The smallest absolute Gasteiger partial charge is 0.123 e. The van der Waals surface area contributed by atoms with Crippen LogP contribution in [0.3, 0.4) is 0 Å². The van der Waals surface area contributed by atoms with Gasteiger partial charge in [0.1, 0.15) is 5.82 Å². The molecule has 0 heterocycles. The molecule has 2 N–H and O–H groups in total. The van der Waals surface area contributed by atoms with Crippen LogP contribution in [0.1, 0.15) is 39.7 Å². The summed E-state index contributed by atoms with van der Waals surface area (Å²) in [5.41, 5.74) is 7.21. The van der Waals surface area contributed by atoms with Crippen LogP contribution in [0.5, 0.6) is 0 Å². The standard InChI is InChI=1S/C14H22FN/c1-10(2)9-13(16)14(3,4)11-5-7-12(15)8-6-11/h5-8,10,13H,9,16H2,1-4H3. The van der Waals surface area contributed by atoms with Gasteiger partial charge < -0.3 is 5.73 Å². The zero-order valence-electron chi connectivity index (χ0n) is 10.6. The van der Waals surface area contributed by atoms with Crippen LogP contribution in [0, 0.1) is 11.7 Å². The number of rotatable bonds is 4. The van der Waals surface area contributed by atoms with Crippen molar-refractivity contribution >= 4 is 0 Å². The van der Waals surface area contributed by atoms with Crippen molar-refractivity contribution < 1.29 is 4.39 Å². The molecule has 0 aliphatic rings. The van der Waals surface area contributed by atoms with Gasteiger partial charge in [-0.25, -0.2) is 4.39 Å². The SMILES string of the molecule is CC(C)CC(N)C(C)(C)c1ccc(F)cc1. The normalized spacial score (nSPS) is 14.2. The molecular formula is C14H22FN. The predicted molar refractivity (Wildman–Crippen MR) is 66.9 cm³/mol. The van der Waals surface area contributed by atoms with E-state index in [1.165, 1.54) is 12.1 Å². The molecule has 0 aliphatic carbocycles. The Hall–Kier alpha value is -0.890. The quantitative estimate of drug-likeness (QED) is 0.831. The second kappa shape index (κ2) is 4.96. The number of benzene rings is 1. The van der Waals surface area contributed by atoms with Gasteiger partial charge in [0.05, 0.1) is 0 Å². The van der Waals surface area contributed by atoms with Crippen LogP contribution in [-0.2, 0) is 5.41 Å². The van der Waals surface area contributed by atoms with E-state index in [0.717, 1.165) is 12.0 Å². The summed E-state index contributed by atoms with van der Waals surface area (Å²) < 4.78 is 12.9. The highest BCUT2D eigenvalue weighted by Gasteiger charge is 2.28. The van der Waals surface area contributed by atoms with Crippen molar-refractivity contribution in [3.8, 4) is 0 Å². The van der Waals surface area contributed by atoms with E-state index in [9.17, 15) is 4.39 Å². The third kappa shape index (κ3) is 3.05. The van der Waals surface area contributed by atoms with Crippen molar-refractivity contribution in [1.82, 2.24) is 0 Å². The topological polar surface area (TPSA) is 26.0 Å². The lowest BCUT2D eigenvalue weighted by Gasteiger charge is -2.33. The van der Waals surface area contributed by atoms with Gasteiger partial charge in [-0.3, -0.25) is 0 Å². The summed E-state index contributed by atoms with van der Waals surface area (Å²) in [6.45, 7) is 8.57. The van der Waals surface area contributed by atoms with Crippen molar-refractivity contribution in [2.24, 2.45) is 11.7 Å². The predicted octanol–water partition coefficient (Wildman–Crippen LogP) is 3.48. The van der Waals surface area contributed by atoms with E-state index in [4.69, 9.17) is 5.73 Å². The van der Waals surface area contributed by atoms with Crippen LogP contribution in [-0.4, -0.2) is 6.04 Å². The number of halogens is 1. The van der Waals surface area contributed by atoms with Crippen molar-refractivity contribution in [2.45, 2.75) is 45.6 Å². The van der Waals surface area contributed by atoms with Gasteiger partial charge in [0, 0.05) is 11.5 Å². The fourth-order valence-corrected chi connectivity index (χ4v) is 1.90. The van der Waals surface area contributed by atoms with Gasteiger partial charge in [-0.15, -0.1) is 0 Å². The van der Waals surface area contributed by atoms with Crippen molar-refractivity contribution in [2.75, 3.05) is 0 Å². The first-order valence-electron chi connectivity index (χ1n) is 5.85. The van der Waals surface area contributed by atoms with Gasteiger partial charge in [-0.05, 0) is 30.0 Å². The minimum Gasteiger partial charge on any atom is -0.327 e. The van der Waals surface area contributed by atoms with E-state index in [2.05, 4.69) is 27.7 Å². The lowest BCUT2D eigenvalue weighted by Crippen LogP contribution is -2.41. The molecule has 0 spiro atoms. The van der Waals surface area contributed by atoms with Crippen molar-refractivity contribution in [3.63, 3.8) is 0 Å². The maximum Gasteiger partial charge on any atom is 0.123 e. The number of hydrogen-bond acceptors (Lipinski definition) is 1. The monoisotopic (exact) mass is 223 g/mol. The highest BCUT2D eigenvalue weighted by atomic mass is 19.1. The minimum atomic E-state index is -0.197. The Morgan fingerprint density at radius 3 is 2.12 bits per heavy atom. The highest BCUT2D eigenvalue weighted by molar-refractivity contribution is 5.26. The summed E-state index contributed by atoms with van der Waals surface area (Å²) in [6.07, 6.45) is 0.977. The van der Waals surface area contributed by atoms with Crippen LogP contribution in [0.4, 0.5) is 4.39 Å². The van der Waals surface area contributed by atoms with Crippen LogP contribution < -0.4 is 5.73 Å². The molecule has 0 fully saturated rings. The molecule has 0 amide bonds. The molecular weight excluding hydrogens is 201 g/mol. The summed E-state index contributed by atoms with van der Waals surface area (Å²) >= 11 is 0. The van der Waals surface area contributed by atoms with E-state index in [-0.39, 0.29) is 17.3 Å². The first-order chi connectivity index (χ1) is 7.34. The molecule has 0 saturated heterocycles. The Balaban J connectivity index is 2.87. The molecule has 2 heteroatoms. The summed E-state index contributed by atoms with van der Waals surface area (Å²) in [4.78, 5) is 0. The molecule has 1 atom stereocenters. The maximum absolute atomic E-state index is 12.9. The van der Waals surface area contributed by atoms with Gasteiger partial charge in [-0.2, -0.15) is 0 Å². The Morgan fingerprint density at radius 2 is 1.69 bits per heavy atom. The molecule has 16 heavy (non-hydrogen) atoms. The molecule has 1 nitrogen and oxygen atoms in total. The van der Waals surface area contributed by atoms with Crippen molar-refractivity contribution in [3.05, 3.63) is 35.6 Å². The lowest BCUT2D eigenvalue weighted by molar-refractivity contribution is 0.350. The Morgan fingerprint density at radius 1 is 1.19 bits per heavy atom. The van der Waals surface area contributed by atoms with E-state index in [0.29, 0.717) is 5.92 Å². The first-order valence-corrected chi connectivity index (χ1v) is 5.85. The summed E-state index contributed by atoms with van der Waals surface area (Å²) in [5.74, 6) is 0.381. The molecule has 0 bridgehead atoms. The average molecular weight is 223 g/mol. The maximum atomic E-state index is 12.9. The summed E-state index contributed by atoms with van der Waals surface area (Å²) in [7, 11) is 0. The van der Waals surface area contributed by atoms with Crippen LogP contribution >= 0.6 is 0 Å². The third-order valence-electron chi connectivity index (χ3n) is 3.24. The van der Waals surface area contributed by atoms with E-state index in [1.54, 1.807) is 0 Å². The average Bonchev–Trinajstić information content (AvgIpc) is 2.17. The molecule has 0 saturated carbocycles. The lowest BCUT2D eigenvalue weighted by atomic mass is 9.75. The fourth-order valence-electron chi connectivity index (χ4n) is 1.90. The zero-order valence-corrected chi connectivity index (χ0v) is 10.6. The van der Waals surface area contributed by atoms with Crippen molar-refractivity contribution in [1.29, 1.82) is 0 Å². The number of hydrogen-bond donors (Lipinski definition) is 1. The van der Waals surface area contributed by atoms with E-state index < -0.39 is 0 Å². The second-order valence-electron chi connectivity index (χ2n) is 5.46. The van der Waals surface area contributed by atoms with E-state index in [1.807, 2.05) is 12.1 Å². The molecule has 0 aromatic heterocycles. The summed E-state index contributed by atoms with van der Waals surface area (Å²) in [5, 5.41) is 0. The molecule has 0 radical (unpaired) electrons. The van der Waals surface area contributed by atoms with Gasteiger partial charge in [-0.1, -0.05) is 39.8 Å². The van der Waals surface area contributed by atoms with Gasteiger partial charge in [0.25, 0.3) is 0 Å². The third-order valence-corrected chi connectivity index (χ3v) is 3.24. The molecule has 0 aliphatic heterocycles. The minimum absolute atomic E-state index is 0.0953. The van der Waals surface area contributed by atoms with Gasteiger partial charge in [0.2, 0.25) is 0 Å². The Kier molecular flexibility index (Phi) is 4.09. The Bertz CT molecular complexity index is 327. The molecule has 1 unspecified atom stereocenters. The van der Waals surface area contributed by atoms with Gasteiger partial charge in [0.15, 0.2) is 0 Å². The Labute approximate surface area is 97.9 Å². The van der Waals surface area contributed by atoms with Crippen LogP contribution in [0.25, 0.3) is 0 Å². The van der Waals surface area contributed by atoms with Crippen LogP contribution in [0.2, 0.25) is 0 Å². The second-order valence-corrected chi connectivity index (χ2v) is 5.46.